The highest BCUT2D eigenvalue weighted by Crippen LogP contribution is 2.29. The first-order chi connectivity index (χ1) is 9.88. The maximum atomic E-state index is 11.5. The first-order valence-corrected chi connectivity index (χ1v) is 9.87. The second-order valence-corrected chi connectivity index (χ2v) is 8.71. The van der Waals surface area contributed by atoms with Crippen molar-refractivity contribution >= 4 is 39.8 Å². The fourth-order valence-electron chi connectivity index (χ4n) is 2.79. The van der Waals surface area contributed by atoms with Gasteiger partial charge in [0.2, 0.25) is 0 Å². The average molecular weight is 445 g/mol. The molecule has 1 saturated carbocycles. The van der Waals surface area contributed by atoms with E-state index in [9.17, 15) is 8.42 Å². The summed E-state index contributed by atoms with van der Waals surface area (Å²) >= 11 is 0. The number of nitrogens with zero attached hydrogens (tertiary/aromatic N) is 1. The Morgan fingerprint density at radius 2 is 1.82 bits per heavy atom. The van der Waals surface area contributed by atoms with Gasteiger partial charge in [-0.3, -0.25) is 4.99 Å². The highest BCUT2D eigenvalue weighted by atomic mass is 127. The normalized spacial score (nSPS) is 23.0. The molecule has 1 aliphatic rings. The van der Waals surface area contributed by atoms with Crippen molar-refractivity contribution in [3.63, 3.8) is 0 Å². The van der Waals surface area contributed by atoms with E-state index < -0.39 is 9.84 Å². The molecule has 1 aliphatic carbocycles. The van der Waals surface area contributed by atoms with Crippen molar-refractivity contribution in [2.45, 2.75) is 52.5 Å². The summed E-state index contributed by atoms with van der Waals surface area (Å²) in [5, 5.41) is 6.51. The summed E-state index contributed by atoms with van der Waals surface area (Å²) in [6, 6.07) is 0.453. The number of hydrogen-bond acceptors (Lipinski definition) is 3. The summed E-state index contributed by atoms with van der Waals surface area (Å²) in [7, 11) is -1.19. The van der Waals surface area contributed by atoms with Gasteiger partial charge in [-0.15, -0.1) is 24.0 Å². The fraction of sp³-hybridized carbons (Fsp3) is 0.933. The summed E-state index contributed by atoms with van der Waals surface area (Å²) in [5.74, 6) is 2.68. The zero-order valence-corrected chi connectivity index (χ0v) is 17.4. The standard InChI is InChI=1S/C15H31N3O2S.HI/c1-5-21(19,20)11-10-17-15(16-4)18-14-8-6-13(7-9-14)12(2)3;/h12-14H,5-11H2,1-4H3,(H2,16,17,18);1H. The minimum Gasteiger partial charge on any atom is -0.355 e. The van der Waals surface area contributed by atoms with Crippen molar-refractivity contribution in [2.75, 3.05) is 25.1 Å². The van der Waals surface area contributed by atoms with Crippen molar-refractivity contribution in [3.8, 4) is 0 Å². The topological polar surface area (TPSA) is 70.6 Å². The van der Waals surface area contributed by atoms with Crippen molar-refractivity contribution in [3.05, 3.63) is 0 Å². The molecule has 0 aromatic carbocycles. The van der Waals surface area contributed by atoms with Crippen LogP contribution in [0.4, 0.5) is 0 Å². The quantitative estimate of drug-likeness (QED) is 0.374. The van der Waals surface area contributed by atoms with Crippen LogP contribution in [0.25, 0.3) is 0 Å². The van der Waals surface area contributed by atoms with Crippen molar-refractivity contribution < 1.29 is 8.42 Å². The number of guanidine groups is 1. The van der Waals surface area contributed by atoms with Gasteiger partial charge in [-0.05, 0) is 37.5 Å². The summed E-state index contributed by atoms with van der Waals surface area (Å²) in [6.07, 6.45) is 4.85. The zero-order valence-electron chi connectivity index (χ0n) is 14.3. The summed E-state index contributed by atoms with van der Waals surface area (Å²) in [4.78, 5) is 4.18. The van der Waals surface area contributed by atoms with Crippen LogP contribution in [0.5, 0.6) is 0 Å². The Bertz CT molecular complexity index is 430. The molecule has 0 amide bonds. The number of halogens is 1. The van der Waals surface area contributed by atoms with Gasteiger partial charge in [0, 0.05) is 25.4 Å². The molecule has 0 saturated heterocycles. The minimum atomic E-state index is -2.92. The van der Waals surface area contributed by atoms with Gasteiger partial charge in [-0.25, -0.2) is 8.42 Å². The van der Waals surface area contributed by atoms with Crippen LogP contribution in [0.1, 0.15) is 46.5 Å². The molecule has 7 heteroatoms. The third-order valence-corrected chi connectivity index (χ3v) is 6.13. The van der Waals surface area contributed by atoms with E-state index in [0.717, 1.165) is 24.7 Å². The molecule has 1 rings (SSSR count). The van der Waals surface area contributed by atoms with Gasteiger partial charge in [0.15, 0.2) is 15.8 Å². The predicted molar refractivity (Wildman–Crippen MR) is 105 cm³/mol. The van der Waals surface area contributed by atoms with E-state index >= 15 is 0 Å². The van der Waals surface area contributed by atoms with Crippen LogP contribution in [0.2, 0.25) is 0 Å². The number of hydrogen-bond donors (Lipinski definition) is 2. The molecule has 0 aliphatic heterocycles. The molecule has 22 heavy (non-hydrogen) atoms. The molecular formula is C15H32IN3O2S. The lowest BCUT2D eigenvalue weighted by molar-refractivity contribution is 0.250. The van der Waals surface area contributed by atoms with Gasteiger partial charge >= 0.3 is 0 Å². The highest BCUT2D eigenvalue weighted by molar-refractivity contribution is 14.0. The van der Waals surface area contributed by atoms with Crippen LogP contribution in [0.3, 0.4) is 0 Å². The van der Waals surface area contributed by atoms with E-state index in [0.29, 0.717) is 18.5 Å². The Morgan fingerprint density at radius 1 is 1.23 bits per heavy atom. The minimum absolute atomic E-state index is 0. The van der Waals surface area contributed by atoms with E-state index in [1.165, 1.54) is 12.8 Å². The van der Waals surface area contributed by atoms with Gasteiger partial charge in [0.05, 0.1) is 5.75 Å². The molecule has 0 bridgehead atoms. The lowest BCUT2D eigenvalue weighted by Crippen LogP contribution is -2.46. The predicted octanol–water partition coefficient (Wildman–Crippen LogP) is 2.42. The molecule has 0 aromatic heterocycles. The largest absolute Gasteiger partial charge is 0.355 e. The first-order valence-electron chi connectivity index (χ1n) is 8.05. The van der Waals surface area contributed by atoms with Gasteiger partial charge < -0.3 is 10.6 Å². The van der Waals surface area contributed by atoms with Crippen LogP contribution in [-0.4, -0.2) is 45.5 Å². The second-order valence-electron chi connectivity index (χ2n) is 6.24. The second kappa shape index (κ2) is 10.7. The lowest BCUT2D eigenvalue weighted by atomic mass is 9.80. The first kappa shape index (κ1) is 21.9. The van der Waals surface area contributed by atoms with Gasteiger partial charge in [0.1, 0.15) is 0 Å². The smallest absolute Gasteiger partial charge is 0.191 e. The highest BCUT2D eigenvalue weighted by Gasteiger charge is 2.23. The van der Waals surface area contributed by atoms with E-state index in [1.54, 1.807) is 14.0 Å². The van der Waals surface area contributed by atoms with Crippen LogP contribution < -0.4 is 10.6 Å². The van der Waals surface area contributed by atoms with Crippen LogP contribution >= 0.6 is 24.0 Å². The summed E-state index contributed by atoms with van der Waals surface area (Å²) in [5.41, 5.74) is 0. The van der Waals surface area contributed by atoms with Gasteiger partial charge in [-0.1, -0.05) is 20.8 Å². The molecule has 0 spiro atoms. The van der Waals surface area contributed by atoms with Gasteiger partial charge in [0.25, 0.3) is 0 Å². The Morgan fingerprint density at radius 3 is 2.27 bits per heavy atom. The zero-order chi connectivity index (χ0) is 15.9. The van der Waals surface area contributed by atoms with Crippen molar-refractivity contribution in [1.29, 1.82) is 0 Å². The molecular weight excluding hydrogens is 413 g/mol. The third kappa shape index (κ3) is 7.99. The Hall–Kier alpha value is -0.0500. The SMILES string of the molecule is CCS(=O)(=O)CCNC(=NC)NC1CCC(C(C)C)CC1.I. The van der Waals surface area contributed by atoms with Crippen molar-refractivity contribution in [1.82, 2.24) is 10.6 Å². The van der Waals surface area contributed by atoms with E-state index in [1.807, 2.05) is 0 Å². The Kier molecular flexibility index (Phi) is 10.6. The lowest BCUT2D eigenvalue weighted by Gasteiger charge is -2.32. The molecule has 2 N–H and O–H groups in total. The maximum Gasteiger partial charge on any atom is 0.191 e. The third-order valence-electron chi connectivity index (χ3n) is 4.42. The van der Waals surface area contributed by atoms with E-state index in [4.69, 9.17) is 0 Å². The van der Waals surface area contributed by atoms with E-state index in [-0.39, 0.29) is 35.5 Å². The fourth-order valence-corrected chi connectivity index (χ4v) is 3.49. The monoisotopic (exact) mass is 445 g/mol. The molecule has 1 fully saturated rings. The Labute approximate surface area is 153 Å². The Balaban J connectivity index is 0.00000441. The number of nitrogens with one attached hydrogen (secondary N) is 2. The molecule has 0 atom stereocenters. The van der Waals surface area contributed by atoms with Crippen LogP contribution in [0, 0.1) is 11.8 Å². The molecule has 0 unspecified atom stereocenters. The van der Waals surface area contributed by atoms with E-state index in [2.05, 4.69) is 29.5 Å². The molecule has 5 nitrogen and oxygen atoms in total. The number of sulfone groups is 1. The van der Waals surface area contributed by atoms with Gasteiger partial charge in [-0.2, -0.15) is 0 Å². The summed E-state index contributed by atoms with van der Waals surface area (Å²) in [6.45, 7) is 6.69. The summed E-state index contributed by atoms with van der Waals surface area (Å²) < 4.78 is 22.9. The van der Waals surface area contributed by atoms with Crippen molar-refractivity contribution in [2.24, 2.45) is 16.8 Å². The van der Waals surface area contributed by atoms with Crippen LogP contribution in [0.15, 0.2) is 4.99 Å². The molecule has 0 radical (unpaired) electrons. The van der Waals surface area contributed by atoms with Crippen LogP contribution in [-0.2, 0) is 9.84 Å². The maximum absolute atomic E-state index is 11.5. The molecule has 132 valence electrons. The number of aliphatic imine (C=N–C) groups is 1. The molecule has 0 heterocycles. The number of rotatable bonds is 6. The average Bonchev–Trinajstić information content (AvgIpc) is 2.46. The molecule has 0 aromatic rings.